The Hall–Kier alpha value is -3.29. The van der Waals surface area contributed by atoms with Crippen molar-refractivity contribution in [2.45, 2.75) is 44.1 Å². The smallest absolute Gasteiger partial charge is 0.245 e. The minimum atomic E-state index is -0.00777. The quantitative estimate of drug-likeness (QED) is 0.492. The second-order valence-electron chi connectivity index (χ2n) is 9.39. The maximum atomic E-state index is 12.3. The van der Waals surface area contributed by atoms with Crippen molar-refractivity contribution in [3.8, 4) is 22.8 Å². The molecule has 1 atom stereocenters. The number of methoxy groups -OCH3 is 2. The molecule has 8 heteroatoms. The number of anilines is 1. The van der Waals surface area contributed by atoms with E-state index in [9.17, 15) is 9.59 Å². The summed E-state index contributed by atoms with van der Waals surface area (Å²) in [7, 11) is 3.34. The summed E-state index contributed by atoms with van der Waals surface area (Å²) in [4.78, 5) is 26.1. The molecule has 0 bridgehead atoms. The fourth-order valence-corrected chi connectivity index (χ4v) is 5.57. The molecule has 2 aliphatic heterocycles. The van der Waals surface area contributed by atoms with Gasteiger partial charge in [0.1, 0.15) is 23.0 Å². The van der Waals surface area contributed by atoms with Crippen molar-refractivity contribution in [2.75, 3.05) is 39.2 Å². The van der Waals surface area contributed by atoms with E-state index in [1.807, 2.05) is 21.7 Å². The molecular weight excluding hydrogens is 432 g/mol. The fraction of sp³-hybridized carbons (Fsp3) is 0.500. The van der Waals surface area contributed by atoms with E-state index in [0.29, 0.717) is 23.1 Å². The van der Waals surface area contributed by atoms with Crippen molar-refractivity contribution < 1.29 is 19.1 Å². The van der Waals surface area contributed by atoms with Gasteiger partial charge in [0.05, 0.1) is 25.8 Å². The molecule has 8 nitrogen and oxygen atoms in total. The second kappa shape index (κ2) is 9.16. The first-order chi connectivity index (χ1) is 16.6. The third-order valence-electron chi connectivity index (χ3n) is 7.48. The lowest BCUT2D eigenvalue weighted by Gasteiger charge is -2.38. The number of benzene rings is 1. The lowest BCUT2D eigenvalue weighted by atomic mass is 9.87. The topological polar surface area (TPSA) is 85.7 Å². The molecule has 2 aromatic rings. The highest BCUT2D eigenvalue weighted by Crippen LogP contribution is 2.50. The number of aromatic nitrogens is 2. The minimum Gasteiger partial charge on any atom is -0.496 e. The number of nitrogens with one attached hydrogen (secondary N) is 1. The van der Waals surface area contributed by atoms with Crippen LogP contribution in [0, 0.1) is 5.92 Å². The van der Waals surface area contributed by atoms with Crippen molar-refractivity contribution in [1.82, 2.24) is 14.7 Å². The molecule has 1 saturated heterocycles. The van der Waals surface area contributed by atoms with Gasteiger partial charge in [0, 0.05) is 30.8 Å². The Morgan fingerprint density at radius 2 is 1.79 bits per heavy atom. The van der Waals surface area contributed by atoms with Gasteiger partial charge in [0.25, 0.3) is 0 Å². The maximum Gasteiger partial charge on any atom is 0.245 e. The number of hydrogen-bond donors (Lipinski definition) is 1. The van der Waals surface area contributed by atoms with E-state index in [-0.39, 0.29) is 11.9 Å². The van der Waals surface area contributed by atoms with Crippen LogP contribution >= 0.6 is 0 Å². The van der Waals surface area contributed by atoms with Crippen molar-refractivity contribution >= 4 is 18.0 Å². The number of likely N-dealkylation sites (tertiary alicyclic amines) is 1. The van der Waals surface area contributed by atoms with Crippen LogP contribution < -0.4 is 14.8 Å². The number of piperidine rings is 1. The van der Waals surface area contributed by atoms with Gasteiger partial charge in [0.2, 0.25) is 5.91 Å². The van der Waals surface area contributed by atoms with Gasteiger partial charge in [-0.15, -0.1) is 0 Å². The maximum absolute atomic E-state index is 12.3. The highest BCUT2D eigenvalue weighted by atomic mass is 16.5. The van der Waals surface area contributed by atoms with Gasteiger partial charge in [0.15, 0.2) is 6.29 Å². The molecule has 2 fully saturated rings. The molecule has 1 N–H and O–H groups in total. The van der Waals surface area contributed by atoms with Crippen LogP contribution in [0.15, 0.2) is 24.8 Å². The summed E-state index contributed by atoms with van der Waals surface area (Å²) < 4.78 is 13.5. The summed E-state index contributed by atoms with van der Waals surface area (Å²) in [6.07, 6.45) is 7.29. The Kier molecular flexibility index (Phi) is 6.06. The Morgan fingerprint density at radius 1 is 1.12 bits per heavy atom. The molecule has 1 amide bonds. The van der Waals surface area contributed by atoms with Gasteiger partial charge in [-0.25, -0.2) is 4.68 Å². The van der Waals surface area contributed by atoms with E-state index >= 15 is 0 Å². The Bertz CT molecular complexity index is 1090. The first-order valence-electron chi connectivity index (χ1n) is 12.1. The largest absolute Gasteiger partial charge is 0.496 e. The zero-order chi connectivity index (χ0) is 23.8. The van der Waals surface area contributed by atoms with Crippen molar-refractivity contribution in [2.24, 2.45) is 5.92 Å². The number of aldehydes is 1. The predicted molar refractivity (Wildman–Crippen MR) is 130 cm³/mol. The molecule has 0 spiro atoms. The molecule has 1 aliphatic carbocycles. The zero-order valence-corrected chi connectivity index (χ0v) is 19.9. The van der Waals surface area contributed by atoms with Gasteiger partial charge in [-0.1, -0.05) is 6.58 Å². The van der Waals surface area contributed by atoms with Gasteiger partial charge in [-0.2, -0.15) is 5.10 Å². The monoisotopic (exact) mass is 464 g/mol. The van der Waals surface area contributed by atoms with Crippen LogP contribution in [0.5, 0.6) is 11.5 Å². The third-order valence-corrected chi connectivity index (χ3v) is 7.48. The van der Waals surface area contributed by atoms with Crippen molar-refractivity contribution in [3.05, 3.63) is 35.9 Å². The number of amides is 1. The van der Waals surface area contributed by atoms with Crippen LogP contribution in [0.1, 0.15) is 60.0 Å². The van der Waals surface area contributed by atoms with E-state index < -0.39 is 0 Å². The number of ether oxygens (including phenoxy) is 2. The summed E-state index contributed by atoms with van der Waals surface area (Å²) in [6, 6.07) is 4.14. The lowest BCUT2D eigenvalue weighted by molar-refractivity contribution is -0.127. The molecule has 3 aliphatic rings. The first-order valence-corrected chi connectivity index (χ1v) is 12.1. The molecule has 180 valence electrons. The number of carbonyl (C=O) groups is 2. The van der Waals surface area contributed by atoms with Crippen LogP contribution in [0.25, 0.3) is 11.3 Å². The number of fused-ring (bicyclic) bond motifs is 1. The molecule has 1 aromatic carbocycles. The summed E-state index contributed by atoms with van der Waals surface area (Å²) in [5.74, 6) is 3.18. The van der Waals surface area contributed by atoms with Gasteiger partial charge in [-0.05, 0) is 62.1 Å². The van der Waals surface area contributed by atoms with Crippen LogP contribution in [0.3, 0.4) is 0 Å². The average molecular weight is 465 g/mol. The number of hydrogen-bond acceptors (Lipinski definition) is 6. The second-order valence-corrected chi connectivity index (χ2v) is 9.39. The molecular formula is C26H32N4O4. The van der Waals surface area contributed by atoms with E-state index in [1.54, 1.807) is 14.2 Å². The van der Waals surface area contributed by atoms with Gasteiger partial charge < -0.3 is 19.7 Å². The molecule has 1 aromatic heterocycles. The third kappa shape index (κ3) is 3.85. The van der Waals surface area contributed by atoms with E-state index in [1.165, 1.54) is 6.08 Å². The van der Waals surface area contributed by atoms with Crippen LogP contribution in [-0.2, 0) is 4.79 Å². The van der Waals surface area contributed by atoms with E-state index in [4.69, 9.17) is 14.6 Å². The fourth-order valence-electron chi connectivity index (χ4n) is 5.57. The van der Waals surface area contributed by atoms with Crippen molar-refractivity contribution in [3.63, 3.8) is 0 Å². The summed E-state index contributed by atoms with van der Waals surface area (Å²) >= 11 is 0. The first kappa shape index (κ1) is 22.5. The molecule has 3 heterocycles. The number of carbonyl (C=O) groups excluding carboxylic acids is 2. The lowest BCUT2D eigenvalue weighted by Crippen LogP contribution is -2.41. The SMILES string of the molecule is C=CC(=O)N1CCC(C2CCNc3c(C=O)c(-c4cc(OC)c(C5CC5)c(OC)c4)nn32)CC1. The van der Waals surface area contributed by atoms with Crippen molar-refractivity contribution in [1.29, 1.82) is 0 Å². The summed E-state index contributed by atoms with van der Waals surface area (Å²) in [6.45, 7) is 5.84. The molecule has 1 saturated carbocycles. The van der Waals surface area contributed by atoms with E-state index in [0.717, 1.165) is 86.5 Å². The normalized spacial score (nSPS) is 20.3. The summed E-state index contributed by atoms with van der Waals surface area (Å²) in [5, 5.41) is 8.38. The Balaban J connectivity index is 1.50. The summed E-state index contributed by atoms with van der Waals surface area (Å²) in [5.41, 5.74) is 3.12. The molecule has 34 heavy (non-hydrogen) atoms. The van der Waals surface area contributed by atoms with Gasteiger partial charge >= 0.3 is 0 Å². The van der Waals surface area contributed by atoms with Gasteiger partial charge in [-0.3, -0.25) is 9.59 Å². The Morgan fingerprint density at radius 3 is 2.35 bits per heavy atom. The Labute approximate surface area is 199 Å². The highest BCUT2D eigenvalue weighted by molar-refractivity contribution is 5.93. The van der Waals surface area contributed by atoms with Crippen LogP contribution in [0.4, 0.5) is 5.82 Å². The molecule has 0 radical (unpaired) electrons. The van der Waals surface area contributed by atoms with Crippen LogP contribution in [-0.4, -0.2) is 60.7 Å². The molecule has 1 unspecified atom stereocenters. The number of rotatable bonds is 7. The zero-order valence-electron chi connectivity index (χ0n) is 19.9. The number of nitrogens with zero attached hydrogens (tertiary/aromatic N) is 3. The standard InChI is InChI=1S/C26H32N4O4/c1-4-23(32)29-11-8-16(9-12-29)20-7-10-27-26-19(15-31)25(28-30(20)26)18-13-21(33-2)24(17-5-6-17)22(14-18)34-3/h4,13-17,20,27H,1,5-12H2,2-3H3. The molecule has 5 rings (SSSR count). The highest BCUT2D eigenvalue weighted by Gasteiger charge is 2.35. The van der Waals surface area contributed by atoms with Crippen LogP contribution in [0.2, 0.25) is 0 Å². The minimum absolute atomic E-state index is 0.00777. The van der Waals surface area contributed by atoms with E-state index in [2.05, 4.69) is 11.9 Å². The predicted octanol–water partition coefficient (Wildman–Crippen LogP) is 4.04. The average Bonchev–Trinajstić information content (AvgIpc) is 3.66.